The summed E-state index contributed by atoms with van der Waals surface area (Å²) in [5.41, 5.74) is 2.36. The van der Waals surface area contributed by atoms with Crippen molar-refractivity contribution in [1.29, 1.82) is 0 Å². The Labute approximate surface area is 146 Å². The molecule has 5 nitrogen and oxygen atoms in total. The van der Waals surface area contributed by atoms with Crippen LogP contribution in [0, 0.1) is 0 Å². The van der Waals surface area contributed by atoms with E-state index in [9.17, 15) is 4.79 Å². The van der Waals surface area contributed by atoms with E-state index in [1.165, 1.54) is 7.11 Å². The summed E-state index contributed by atoms with van der Waals surface area (Å²) in [6, 6.07) is 13.5. The normalized spacial score (nSPS) is 10.7. The minimum Gasteiger partial charge on any atom is -0.493 e. The summed E-state index contributed by atoms with van der Waals surface area (Å²) in [4.78, 5) is 12.2. The van der Waals surface area contributed by atoms with Crippen LogP contribution >= 0.6 is 0 Å². The molecule has 0 aliphatic heterocycles. The standard InChI is InChI=1S/C20H21NO4/c1-4-21-11-10-15-16(20(22)24-3)12-17(23-2)19(18(15)21)25-13-14-8-6-5-7-9-14/h5-12H,4,13H2,1-3H3. The topological polar surface area (TPSA) is 49.7 Å². The highest BCUT2D eigenvalue weighted by Crippen LogP contribution is 2.39. The van der Waals surface area contributed by atoms with Crippen LogP contribution < -0.4 is 9.47 Å². The summed E-state index contributed by atoms with van der Waals surface area (Å²) in [5.74, 6) is 0.741. The van der Waals surface area contributed by atoms with Gasteiger partial charge in [0.15, 0.2) is 11.5 Å². The lowest BCUT2D eigenvalue weighted by atomic mass is 10.1. The molecule has 1 aromatic heterocycles. The maximum absolute atomic E-state index is 12.2. The summed E-state index contributed by atoms with van der Waals surface area (Å²) in [7, 11) is 2.94. The molecule has 0 N–H and O–H groups in total. The van der Waals surface area contributed by atoms with Crippen molar-refractivity contribution in [2.24, 2.45) is 0 Å². The quantitative estimate of drug-likeness (QED) is 0.636. The number of nitrogens with zero attached hydrogens (tertiary/aromatic N) is 1. The zero-order valence-electron chi connectivity index (χ0n) is 14.6. The molecule has 0 radical (unpaired) electrons. The summed E-state index contributed by atoms with van der Waals surface area (Å²) >= 11 is 0. The van der Waals surface area contributed by atoms with Crippen LogP contribution in [0.2, 0.25) is 0 Å². The number of fused-ring (bicyclic) bond motifs is 1. The summed E-state index contributed by atoms with van der Waals surface area (Å²) < 4.78 is 18.5. The Morgan fingerprint density at radius 3 is 2.52 bits per heavy atom. The van der Waals surface area contributed by atoms with Gasteiger partial charge in [-0.25, -0.2) is 4.79 Å². The second kappa shape index (κ2) is 7.30. The number of rotatable bonds is 6. The maximum Gasteiger partial charge on any atom is 0.338 e. The molecule has 0 atom stereocenters. The van der Waals surface area contributed by atoms with E-state index in [2.05, 4.69) is 0 Å². The largest absolute Gasteiger partial charge is 0.493 e. The Morgan fingerprint density at radius 2 is 1.88 bits per heavy atom. The minimum absolute atomic E-state index is 0.397. The number of hydrogen-bond donors (Lipinski definition) is 0. The van der Waals surface area contributed by atoms with Crippen molar-refractivity contribution in [2.45, 2.75) is 20.1 Å². The zero-order valence-corrected chi connectivity index (χ0v) is 14.6. The molecule has 3 aromatic rings. The lowest BCUT2D eigenvalue weighted by Crippen LogP contribution is -2.06. The first-order valence-corrected chi connectivity index (χ1v) is 8.14. The van der Waals surface area contributed by atoms with Gasteiger partial charge in [0.2, 0.25) is 0 Å². The van der Waals surface area contributed by atoms with Gasteiger partial charge in [-0.1, -0.05) is 30.3 Å². The molecule has 25 heavy (non-hydrogen) atoms. The molecule has 0 spiro atoms. The number of aryl methyl sites for hydroxylation is 1. The molecule has 3 rings (SSSR count). The van der Waals surface area contributed by atoms with Crippen LogP contribution in [-0.2, 0) is 17.9 Å². The van der Waals surface area contributed by atoms with E-state index in [-0.39, 0.29) is 0 Å². The number of aromatic nitrogens is 1. The van der Waals surface area contributed by atoms with Crippen LogP contribution in [-0.4, -0.2) is 24.8 Å². The SMILES string of the molecule is CCn1ccc2c(C(=O)OC)cc(OC)c(OCc3ccccc3)c21. The Kier molecular flexibility index (Phi) is 4.93. The fourth-order valence-corrected chi connectivity index (χ4v) is 2.90. The smallest absolute Gasteiger partial charge is 0.338 e. The number of hydrogen-bond acceptors (Lipinski definition) is 4. The number of carbonyl (C=O) groups excluding carboxylic acids is 1. The summed E-state index contributed by atoms with van der Waals surface area (Å²) in [6.07, 6.45) is 1.94. The average Bonchev–Trinajstić information content (AvgIpc) is 3.10. The molecule has 130 valence electrons. The molecule has 0 amide bonds. The number of benzene rings is 2. The van der Waals surface area contributed by atoms with Crippen molar-refractivity contribution in [3.05, 3.63) is 59.8 Å². The highest BCUT2D eigenvalue weighted by atomic mass is 16.5. The molecule has 0 aliphatic carbocycles. The Balaban J connectivity index is 2.12. The average molecular weight is 339 g/mol. The summed E-state index contributed by atoms with van der Waals surface area (Å²) in [5, 5.41) is 0.789. The van der Waals surface area contributed by atoms with Gasteiger partial charge in [-0.3, -0.25) is 0 Å². The van der Waals surface area contributed by atoms with Crippen molar-refractivity contribution in [1.82, 2.24) is 4.57 Å². The van der Waals surface area contributed by atoms with E-state index in [0.717, 1.165) is 23.0 Å². The van der Waals surface area contributed by atoms with E-state index in [1.807, 2.05) is 54.1 Å². The molecule has 0 fully saturated rings. The van der Waals surface area contributed by atoms with Crippen molar-refractivity contribution >= 4 is 16.9 Å². The molecule has 0 unspecified atom stereocenters. The molecule has 1 heterocycles. The molecule has 0 saturated heterocycles. The van der Waals surface area contributed by atoms with E-state index in [1.54, 1.807) is 13.2 Å². The van der Waals surface area contributed by atoms with Gasteiger partial charge < -0.3 is 18.8 Å². The third-order valence-corrected chi connectivity index (χ3v) is 4.16. The highest BCUT2D eigenvalue weighted by molar-refractivity contribution is 6.07. The molecular formula is C20H21NO4. The fraction of sp³-hybridized carbons (Fsp3) is 0.250. The van der Waals surface area contributed by atoms with Crippen LogP contribution in [0.5, 0.6) is 11.5 Å². The van der Waals surface area contributed by atoms with Gasteiger partial charge in [0, 0.05) is 18.1 Å². The predicted octanol–water partition coefficient (Wildman–Crippen LogP) is 4.04. The number of methoxy groups -OCH3 is 2. The third-order valence-electron chi connectivity index (χ3n) is 4.16. The monoisotopic (exact) mass is 339 g/mol. The molecule has 0 aliphatic rings. The van der Waals surface area contributed by atoms with E-state index >= 15 is 0 Å². The number of carbonyl (C=O) groups is 1. The minimum atomic E-state index is -0.397. The van der Waals surface area contributed by atoms with Gasteiger partial charge in [-0.15, -0.1) is 0 Å². The second-order valence-electron chi connectivity index (χ2n) is 5.59. The number of esters is 1. The van der Waals surface area contributed by atoms with Gasteiger partial charge in [0.1, 0.15) is 6.61 Å². The molecule has 0 bridgehead atoms. The van der Waals surface area contributed by atoms with Gasteiger partial charge in [0.05, 0.1) is 25.3 Å². The fourth-order valence-electron chi connectivity index (χ4n) is 2.90. The van der Waals surface area contributed by atoms with Gasteiger partial charge in [-0.2, -0.15) is 0 Å². The van der Waals surface area contributed by atoms with Crippen LogP contribution in [0.15, 0.2) is 48.7 Å². The Bertz CT molecular complexity index is 884. The maximum atomic E-state index is 12.2. The van der Waals surface area contributed by atoms with Gasteiger partial charge in [0.25, 0.3) is 0 Å². The van der Waals surface area contributed by atoms with Gasteiger partial charge >= 0.3 is 5.97 Å². The summed E-state index contributed by atoms with van der Waals surface area (Å²) in [6.45, 7) is 3.20. The molecule has 2 aromatic carbocycles. The van der Waals surface area contributed by atoms with Gasteiger partial charge in [-0.05, 0) is 24.6 Å². The highest BCUT2D eigenvalue weighted by Gasteiger charge is 2.21. The van der Waals surface area contributed by atoms with Crippen molar-refractivity contribution in [3.63, 3.8) is 0 Å². The van der Waals surface area contributed by atoms with Crippen molar-refractivity contribution in [2.75, 3.05) is 14.2 Å². The molecule has 0 saturated carbocycles. The Hall–Kier alpha value is -2.95. The van der Waals surface area contributed by atoms with E-state index < -0.39 is 5.97 Å². The van der Waals surface area contributed by atoms with Crippen LogP contribution in [0.1, 0.15) is 22.8 Å². The first-order chi connectivity index (χ1) is 12.2. The van der Waals surface area contributed by atoms with E-state index in [4.69, 9.17) is 14.2 Å². The molecule has 5 heteroatoms. The van der Waals surface area contributed by atoms with Crippen molar-refractivity contribution < 1.29 is 19.0 Å². The van der Waals surface area contributed by atoms with Crippen LogP contribution in [0.25, 0.3) is 10.9 Å². The second-order valence-corrected chi connectivity index (χ2v) is 5.59. The first-order valence-electron chi connectivity index (χ1n) is 8.14. The van der Waals surface area contributed by atoms with Crippen LogP contribution in [0.3, 0.4) is 0 Å². The zero-order chi connectivity index (χ0) is 17.8. The third kappa shape index (κ3) is 3.18. The van der Waals surface area contributed by atoms with E-state index in [0.29, 0.717) is 23.7 Å². The first kappa shape index (κ1) is 16.9. The van der Waals surface area contributed by atoms with Crippen LogP contribution in [0.4, 0.5) is 0 Å². The molecular weight excluding hydrogens is 318 g/mol. The Morgan fingerprint density at radius 1 is 1.12 bits per heavy atom. The lowest BCUT2D eigenvalue weighted by molar-refractivity contribution is 0.0602. The lowest BCUT2D eigenvalue weighted by Gasteiger charge is -2.16. The predicted molar refractivity (Wildman–Crippen MR) is 96.3 cm³/mol. The van der Waals surface area contributed by atoms with Crippen molar-refractivity contribution in [3.8, 4) is 11.5 Å². The number of ether oxygens (including phenoxy) is 3.